The minimum Gasteiger partial charge on any atom is -0.324 e. The number of hydrogen-bond acceptors (Lipinski definition) is 3. The maximum atomic E-state index is 10.7. The summed E-state index contributed by atoms with van der Waals surface area (Å²) in [4.78, 5) is 10.4. The monoisotopic (exact) mass is 244 g/mol. The molecule has 1 aromatic carbocycles. The molecule has 90 valence electrons. The summed E-state index contributed by atoms with van der Waals surface area (Å²) in [5.74, 6) is 0. The summed E-state index contributed by atoms with van der Waals surface area (Å²) in [7, 11) is 0. The number of aryl methyl sites for hydroxylation is 1. The topological polar surface area (TPSA) is 69.2 Å². The first kappa shape index (κ1) is 14.9. The lowest BCUT2D eigenvalue weighted by Gasteiger charge is -2.10. The van der Waals surface area contributed by atoms with E-state index in [1.165, 1.54) is 0 Å². The molecule has 0 aliphatic heterocycles. The Bertz CT molecular complexity index is 369. The SMILES string of the molecule is CCC[C@H](N)c1ccc(C)c([N+](=O)[O-])c1.Cl. The van der Waals surface area contributed by atoms with Crippen LogP contribution < -0.4 is 5.73 Å². The molecule has 0 heterocycles. The molecule has 0 aliphatic carbocycles. The minimum absolute atomic E-state index is 0. The number of rotatable bonds is 4. The highest BCUT2D eigenvalue weighted by Gasteiger charge is 2.13. The molecule has 1 aromatic rings. The predicted molar refractivity (Wildman–Crippen MR) is 66.9 cm³/mol. The van der Waals surface area contributed by atoms with Crippen LogP contribution in [0, 0.1) is 17.0 Å². The van der Waals surface area contributed by atoms with Crippen molar-refractivity contribution in [3.63, 3.8) is 0 Å². The number of nitro groups is 1. The Morgan fingerprint density at radius 2 is 2.12 bits per heavy atom. The number of nitro benzene ring substituents is 1. The zero-order valence-electron chi connectivity index (χ0n) is 9.47. The van der Waals surface area contributed by atoms with E-state index < -0.39 is 0 Å². The van der Waals surface area contributed by atoms with Gasteiger partial charge in [-0.3, -0.25) is 10.1 Å². The summed E-state index contributed by atoms with van der Waals surface area (Å²) in [6.45, 7) is 3.77. The normalized spacial score (nSPS) is 11.7. The zero-order chi connectivity index (χ0) is 11.4. The van der Waals surface area contributed by atoms with Gasteiger partial charge in [0.25, 0.3) is 5.69 Å². The molecule has 0 aliphatic rings. The molecule has 0 unspecified atom stereocenters. The Kier molecular flexibility index (Phi) is 6.00. The minimum atomic E-state index is -0.364. The van der Waals surface area contributed by atoms with Gasteiger partial charge in [-0.1, -0.05) is 25.5 Å². The summed E-state index contributed by atoms with van der Waals surface area (Å²) in [5.41, 5.74) is 7.57. The molecule has 0 spiro atoms. The van der Waals surface area contributed by atoms with E-state index in [-0.39, 0.29) is 29.1 Å². The summed E-state index contributed by atoms with van der Waals surface area (Å²) < 4.78 is 0. The van der Waals surface area contributed by atoms with Crippen molar-refractivity contribution in [1.82, 2.24) is 0 Å². The Morgan fingerprint density at radius 1 is 1.50 bits per heavy atom. The molecule has 2 N–H and O–H groups in total. The Hall–Kier alpha value is -1.13. The van der Waals surface area contributed by atoms with Crippen LogP contribution >= 0.6 is 12.4 Å². The van der Waals surface area contributed by atoms with Crippen molar-refractivity contribution in [2.24, 2.45) is 5.73 Å². The van der Waals surface area contributed by atoms with Gasteiger partial charge in [-0.2, -0.15) is 0 Å². The highest BCUT2D eigenvalue weighted by Crippen LogP contribution is 2.24. The first-order chi connectivity index (χ1) is 7.06. The largest absolute Gasteiger partial charge is 0.324 e. The van der Waals surface area contributed by atoms with Gasteiger partial charge in [0.1, 0.15) is 0 Å². The average Bonchev–Trinajstić information content (AvgIpc) is 2.18. The second kappa shape index (κ2) is 6.45. The second-order valence-corrected chi connectivity index (χ2v) is 3.70. The van der Waals surface area contributed by atoms with E-state index in [2.05, 4.69) is 0 Å². The number of hydrogen-bond donors (Lipinski definition) is 1. The van der Waals surface area contributed by atoms with Gasteiger partial charge in [-0.05, 0) is 18.9 Å². The third-order valence-corrected chi connectivity index (χ3v) is 2.46. The molecule has 4 nitrogen and oxygen atoms in total. The quantitative estimate of drug-likeness (QED) is 0.654. The fraction of sp³-hybridized carbons (Fsp3) is 0.455. The fourth-order valence-corrected chi connectivity index (χ4v) is 1.53. The van der Waals surface area contributed by atoms with Crippen molar-refractivity contribution in [3.8, 4) is 0 Å². The van der Waals surface area contributed by atoms with Gasteiger partial charge in [0.2, 0.25) is 0 Å². The van der Waals surface area contributed by atoms with E-state index in [0.717, 1.165) is 18.4 Å². The molecule has 1 rings (SSSR count). The van der Waals surface area contributed by atoms with Crippen LogP contribution in [0.3, 0.4) is 0 Å². The molecule has 5 heteroatoms. The molecular formula is C11H17ClN2O2. The summed E-state index contributed by atoms with van der Waals surface area (Å²) in [5, 5.41) is 10.7. The molecule has 0 bridgehead atoms. The van der Waals surface area contributed by atoms with Crippen molar-refractivity contribution in [2.45, 2.75) is 32.7 Å². The standard InChI is InChI=1S/C11H16N2O2.ClH/c1-3-4-10(12)9-6-5-8(2)11(7-9)13(14)15;/h5-7,10H,3-4,12H2,1-2H3;1H/t10-;/m0./s1. The fourth-order valence-electron chi connectivity index (χ4n) is 1.53. The van der Waals surface area contributed by atoms with Crippen LogP contribution in [0.1, 0.15) is 36.9 Å². The summed E-state index contributed by atoms with van der Waals surface area (Å²) in [6, 6.07) is 5.09. The van der Waals surface area contributed by atoms with Crippen LogP contribution in [-0.4, -0.2) is 4.92 Å². The first-order valence-electron chi connectivity index (χ1n) is 5.06. The van der Waals surface area contributed by atoms with Gasteiger partial charge in [-0.25, -0.2) is 0 Å². The Labute approximate surface area is 101 Å². The van der Waals surface area contributed by atoms with Crippen LogP contribution in [0.5, 0.6) is 0 Å². The zero-order valence-corrected chi connectivity index (χ0v) is 10.3. The van der Waals surface area contributed by atoms with Crippen molar-refractivity contribution in [1.29, 1.82) is 0 Å². The highest BCUT2D eigenvalue weighted by atomic mass is 35.5. The lowest BCUT2D eigenvalue weighted by Crippen LogP contribution is -2.10. The van der Waals surface area contributed by atoms with E-state index in [9.17, 15) is 10.1 Å². The van der Waals surface area contributed by atoms with Gasteiger partial charge in [-0.15, -0.1) is 12.4 Å². The van der Waals surface area contributed by atoms with Gasteiger partial charge >= 0.3 is 0 Å². The predicted octanol–water partition coefficient (Wildman–Crippen LogP) is 3.12. The van der Waals surface area contributed by atoms with Gasteiger partial charge in [0, 0.05) is 17.7 Å². The summed E-state index contributed by atoms with van der Waals surface area (Å²) >= 11 is 0. The van der Waals surface area contributed by atoms with E-state index >= 15 is 0 Å². The lowest BCUT2D eigenvalue weighted by atomic mass is 10.0. The second-order valence-electron chi connectivity index (χ2n) is 3.70. The third-order valence-electron chi connectivity index (χ3n) is 2.46. The Morgan fingerprint density at radius 3 is 2.62 bits per heavy atom. The van der Waals surface area contributed by atoms with Crippen LogP contribution in [0.4, 0.5) is 5.69 Å². The summed E-state index contributed by atoms with van der Waals surface area (Å²) in [6.07, 6.45) is 1.82. The van der Waals surface area contributed by atoms with Crippen molar-refractivity contribution in [3.05, 3.63) is 39.4 Å². The maximum Gasteiger partial charge on any atom is 0.272 e. The molecular weight excluding hydrogens is 228 g/mol. The Balaban J connectivity index is 0.00000225. The first-order valence-corrected chi connectivity index (χ1v) is 5.06. The number of nitrogens with two attached hydrogens (primary N) is 1. The molecule has 0 fully saturated rings. The molecule has 16 heavy (non-hydrogen) atoms. The molecule has 0 aromatic heterocycles. The highest BCUT2D eigenvalue weighted by molar-refractivity contribution is 5.85. The van der Waals surface area contributed by atoms with Crippen LogP contribution in [0.25, 0.3) is 0 Å². The smallest absolute Gasteiger partial charge is 0.272 e. The molecule has 0 amide bonds. The van der Waals surface area contributed by atoms with E-state index in [1.54, 1.807) is 19.1 Å². The molecule has 0 saturated heterocycles. The molecule has 1 atom stereocenters. The number of benzene rings is 1. The molecule has 0 radical (unpaired) electrons. The molecule has 0 saturated carbocycles. The van der Waals surface area contributed by atoms with Gasteiger partial charge < -0.3 is 5.73 Å². The van der Waals surface area contributed by atoms with Gasteiger partial charge in [0.15, 0.2) is 0 Å². The van der Waals surface area contributed by atoms with Crippen molar-refractivity contribution < 1.29 is 4.92 Å². The number of halogens is 1. The van der Waals surface area contributed by atoms with E-state index in [4.69, 9.17) is 5.73 Å². The van der Waals surface area contributed by atoms with Crippen LogP contribution in [0.2, 0.25) is 0 Å². The third kappa shape index (κ3) is 3.47. The van der Waals surface area contributed by atoms with E-state index in [1.807, 2.05) is 13.0 Å². The van der Waals surface area contributed by atoms with Crippen LogP contribution in [-0.2, 0) is 0 Å². The van der Waals surface area contributed by atoms with Crippen LogP contribution in [0.15, 0.2) is 18.2 Å². The number of nitrogens with zero attached hydrogens (tertiary/aromatic N) is 1. The maximum absolute atomic E-state index is 10.7. The average molecular weight is 245 g/mol. The van der Waals surface area contributed by atoms with Crippen molar-refractivity contribution >= 4 is 18.1 Å². The van der Waals surface area contributed by atoms with Crippen molar-refractivity contribution in [2.75, 3.05) is 0 Å². The van der Waals surface area contributed by atoms with E-state index in [0.29, 0.717) is 5.56 Å². The van der Waals surface area contributed by atoms with Gasteiger partial charge in [0.05, 0.1) is 4.92 Å². The lowest BCUT2D eigenvalue weighted by molar-refractivity contribution is -0.385.